The van der Waals surface area contributed by atoms with Crippen molar-refractivity contribution >= 4 is 39.5 Å². The van der Waals surface area contributed by atoms with E-state index in [0.29, 0.717) is 25.7 Å². The third-order valence-electron chi connectivity index (χ3n) is 16.6. The minimum Gasteiger partial charge on any atom is -0.462 e. The number of carbonyl (C=O) groups excluding carboxylic acids is 4. The first kappa shape index (κ1) is 94.5. The smallest absolute Gasteiger partial charge is 0.462 e. The zero-order chi connectivity index (χ0) is 71.8. The number of rotatable bonds is 74. The maximum absolute atomic E-state index is 13.1. The van der Waals surface area contributed by atoms with Crippen LogP contribution in [0.2, 0.25) is 0 Å². The molecule has 0 saturated carbocycles. The number of hydrogen-bond donors (Lipinski definition) is 3. The van der Waals surface area contributed by atoms with E-state index < -0.39 is 97.5 Å². The van der Waals surface area contributed by atoms with Gasteiger partial charge in [0.05, 0.1) is 26.4 Å². The minimum atomic E-state index is -4.98. The fraction of sp³-hybridized carbons (Fsp3) is 0.797. The molecule has 2 unspecified atom stereocenters. The Morgan fingerprint density at radius 1 is 0.296 bits per heavy atom. The number of unbranched alkanes of at least 4 members (excludes halogenated alkanes) is 37. The number of aliphatic hydroxyl groups excluding tert-OH is 1. The summed E-state index contributed by atoms with van der Waals surface area (Å²) in [7, 11) is -9.95. The van der Waals surface area contributed by atoms with E-state index in [4.69, 9.17) is 37.0 Å². The predicted octanol–water partition coefficient (Wildman–Crippen LogP) is 22.4. The Morgan fingerprint density at radius 2 is 0.531 bits per heavy atom. The molecule has 0 aromatic carbocycles. The van der Waals surface area contributed by atoms with Gasteiger partial charge in [-0.3, -0.25) is 37.3 Å². The Hall–Kier alpha value is -3.50. The number of carbonyl (C=O) groups is 4. The summed E-state index contributed by atoms with van der Waals surface area (Å²) in [6.45, 7) is 4.80. The second kappa shape index (κ2) is 71.9. The Balaban J connectivity index is 5.37. The molecule has 0 bridgehead atoms. The van der Waals surface area contributed by atoms with Crippen LogP contribution in [0.1, 0.15) is 349 Å². The topological polar surface area (TPSA) is 237 Å². The Labute approximate surface area is 596 Å². The molecule has 0 aromatic heterocycles. The molecular formula is C79H142O17P2. The van der Waals surface area contributed by atoms with Gasteiger partial charge in [-0.05, 0) is 135 Å². The molecule has 0 rings (SSSR count). The van der Waals surface area contributed by atoms with Gasteiger partial charge in [-0.15, -0.1) is 0 Å². The highest BCUT2D eigenvalue weighted by atomic mass is 31.2. The Morgan fingerprint density at radius 3 is 0.857 bits per heavy atom. The fourth-order valence-electron chi connectivity index (χ4n) is 10.6. The summed E-state index contributed by atoms with van der Waals surface area (Å²) in [6, 6.07) is 0. The number of esters is 4. The van der Waals surface area contributed by atoms with E-state index in [0.717, 1.165) is 161 Å². The van der Waals surface area contributed by atoms with Crippen LogP contribution in [0.25, 0.3) is 0 Å². The largest absolute Gasteiger partial charge is 0.472 e. The summed E-state index contributed by atoms with van der Waals surface area (Å²) >= 11 is 0. The van der Waals surface area contributed by atoms with Crippen molar-refractivity contribution in [3.63, 3.8) is 0 Å². The van der Waals surface area contributed by atoms with Crippen molar-refractivity contribution in [3.8, 4) is 0 Å². The van der Waals surface area contributed by atoms with E-state index >= 15 is 0 Å². The van der Waals surface area contributed by atoms with Gasteiger partial charge in [-0.2, -0.15) is 0 Å². The zero-order valence-corrected chi connectivity index (χ0v) is 64.0. The maximum Gasteiger partial charge on any atom is 0.472 e. The third kappa shape index (κ3) is 70.9. The molecule has 0 fully saturated rings. The van der Waals surface area contributed by atoms with Crippen LogP contribution in [0.15, 0.2) is 72.9 Å². The molecular weight excluding hydrogens is 1280 g/mol. The normalized spacial score (nSPS) is 14.3. The lowest BCUT2D eigenvalue weighted by atomic mass is 10.1. The molecule has 0 aromatic rings. The van der Waals surface area contributed by atoms with E-state index in [1.165, 1.54) is 109 Å². The van der Waals surface area contributed by atoms with E-state index in [-0.39, 0.29) is 25.7 Å². The van der Waals surface area contributed by atoms with E-state index in [2.05, 4.69) is 101 Å². The summed E-state index contributed by atoms with van der Waals surface area (Å²) in [5, 5.41) is 10.6. The molecule has 570 valence electrons. The van der Waals surface area contributed by atoms with Gasteiger partial charge in [-0.25, -0.2) is 9.13 Å². The summed E-state index contributed by atoms with van der Waals surface area (Å²) in [4.78, 5) is 72.9. The van der Waals surface area contributed by atoms with Crippen molar-refractivity contribution in [1.82, 2.24) is 0 Å². The van der Waals surface area contributed by atoms with Crippen LogP contribution >= 0.6 is 15.6 Å². The van der Waals surface area contributed by atoms with Crippen LogP contribution in [-0.2, 0) is 65.4 Å². The quantitative estimate of drug-likeness (QED) is 0.0128. The number of ether oxygens (including phenoxy) is 4. The maximum atomic E-state index is 13.1. The van der Waals surface area contributed by atoms with Gasteiger partial charge in [-0.1, -0.05) is 261 Å². The monoisotopic (exact) mass is 1420 g/mol. The van der Waals surface area contributed by atoms with Crippen molar-refractivity contribution in [2.75, 3.05) is 39.6 Å². The number of phosphoric ester groups is 2. The third-order valence-corrected chi connectivity index (χ3v) is 18.5. The highest BCUT2D eigenvalue weighted by Crippen LogP contribution is 2.45. The van der Waals surface area contributed by atoms with Gasteiger partial charge in [0.15, 0.2) is 12.2 Å². The Kier molecular flexibility index (Phi) is 69.3. The van der Waals surface area contributed by atoms with Crippen molar-refractivity contribution in [2.45, 2.75) is 367 Å². The van der Waals surface area contributed by atoms with E-state index in [1.807, 2.05) is 0 Å². The predicted molar refractivity (Wildman–Crippen MR) is 400 cm³/mol. The van der Waals surface area contributed by atoms with Gasteiger partial charge in [0.25, 0.3) is 0 Å². The van der Waals surface area contributed by atoms with Crippen LogP contribution in [-0.4, -0.2) is 96.7 Å². The molecule has 3 N–H and O–H groups in total. The summed E-state index contributed by atoms with van der Waals surface area (Å²) in [5.74, 6) is -2.20. The average Bonchev–Trinajstić information content (AvgIpc) is 1.05. The van der Waals surface area contributed by atoms with E-state index in [1.54, 1.807) is 0 Å². The van der Waals surface area contributed by atoms with Gasteiger partial charge >= 0.3 is 39.5 Å². The molecule has 0 aliphatic rings. The first-order valence-corrected chi connectivity index (χ1v) is 42.2. The molecule has 0 radical (unpaired) electrons. The van der Waals surface area contributed by atoms with Crippen LogP contribution in [0.4, 0.5) is 0 Å². The zero-order valence-electron chi connectivity index (χ0n) is 62.2. The fourth-order valence-corrected chi connectivity index (χ4v) is 12.2. The number of aliphatic hydroxyl groups is 1. The molecule has 0 aliphatic heterocycles. The lowest BCUT2D eigenvalue weighted by Crippen LogP contribution is -2.30. The number of phosphoric acid groups is 2. The molecule has 98 heavy (non-hydrogen) atoms. The van der Waals surface area contributed by atoms with Gasteiger partial charge in [0, 0.05) is 25.7 Å². The highest BCUT2D eigenvalue weighted by Gasteiger charge is 2.30. The lowest BCUT2D eigenvalue weighted by Gasteiger charge is -2.21. The number of allylic oxidation sites excluding steroid dienone is 12. The van der Waals surface area contributed by atoms with Crippen molar-refractivity contribution in [3.05, 3.63) is 72.9 Å². The standard InChI is InChI=1S/C79H142O17P2/c1-5-9-13-17-21-25-29-33-36-40-44-48-52-56-60-64-77(82)90-70-75(96-79(84)66-62-58-54-50-46-42-38-35-31-27-23-19-15-11-7-3)72-94-98(87,88)92-68-73(80)67-91-97(85,86)93-71-74(69-89-76(81)63-59-55-51-47-43-39-32-28-24-20-16-12-8-4)95-78(83)65-61-57-53-49-45-41-37-34-30-26-22-18-14-10-6-2/h22,26-28,31-38,73-75,80H,5-21,23-25,29-30,39-72H2,1-4H3,(H,85,86)(H,87,88)/b26-22-,31-27-,32-28-,36-33-,37-34-,38-35-/t73-,74+,75+/m0/s1. The molecule has 0 amide bonds. The van der Waals surface area contributed by atoms with Crippen LogP contribution < -0.4 is 0 Å². The second-order valence-corrected chi connectivity index (χ2v) is 29.2. The number of hydrogen-bond acceptors (Lipinski definition) is 15. The van der Waals surface area contributed by atoms with Crippen LogP contribution in [0.3, 0.4) is 0 Å². The first-order valence-electron chi connectivity index (χ1n) is 39.2. The van der Waals surface area contributed by atoms with Gasteiger partial charge in [0.2, 0.25) is 0 Å². The van der Waals surface area contributed by atoms with Crippen molar-refractivity contribution in [2.24, 2.45) is 0 Å². The second-order valence-electron chi connectivity index (χ2n) is 26.3. The first-order chi connectivity index (χ1) is 47.7. The minimum absolute atomic E-state index is 0.0781. The van der Waals surface area contributed by atoms with Gasteiger partial charge < -0.3 is 33.8 Å². The lowest BCUT2D eigenvalue weighted by molar-refractivity contribution is -0.161. The molecule has 0 spiro atoms. The molecule has 17 nitrogen and oxygen atoms in total. The summed E-state index contributed by atoms with van der Waals surface area (Å²) in [6.07, 6.45) is 71.6. The van der Waals surface area contributed by atoms with Crippen LogP contribution in [0.5, 0.6) is 0 Å². The Bertz CT molecular complexity index is 2140. The van der Waals surface area contributed by atoms with Crippen molar-refractivity contribution < 1.29 is 80.2 Å². The summed E-state index contributed by atoms with van der Waals surface area (Å²) < 4.78 is 68.5. The van der Waals surface area contributed by atoms with Crippen molar-refractivity contribution in [1.29, 1.82) is 0 Å². The SMILES string of the molecule is CCCCC/C=C\C/C=C\CCCCCCCC(=O)O[C@H](COC(=O)CCCCCCC/C=C\CCCCCC)COP(=O)(O)OC[C@H](O)COP(=O)(O)OC[C@@H](COC(=O)CCCCCCC/C=C\CCCCCCCC)OC(=O)CCCCCCC/C=C\C=C/CCCCCC. The molecule has 0 heterocycles. The molecule has 0 aliphatic carbocycles. The van der Waals surface area contributed by atoms with Gasteiger partial charge in [0.1, 0.15) is 19.3 Å². The molecule has 19 heteroatoms. The average molecular weight is 1430 g/mol. The van der Waals surface area contributed by atoms with Crippen LogP contribution in [0, 0.1) is 0 Å². The summed E-state index contributed by atoms with van der Waals surface area (Å²) in [5.41, 5.74) is 0. The molecule has 0 saturated heterocycles. The van der Waals surface area contributed by atoms with E-state index in [9.17, 15) is 43.2 Å². The molecule has 5 atom stereocenters. The highest BCUT2D eigenvalue weighted by molar-refractivity contribution is 7.47.